The number of likely N-dealkylation sites (tertiary alicyclic amines) is 1. The number of carboxylic acid groups (broad SMARTS) is 1. The van der Waals surface area contributed by atoms with Gasteiger partial charge in [0.05, 0.1) is 6.42 Å². The van der Waals surface area contributed by atoms with E-state index in [4.69, 9.17) is 5.11 Å². The second-order valence-corrected chi connectivity index (χ2v) is 4.86. The SMILES string of the molecule is O=C(O)CC1CCN(C(=O)Cc2ccccc2F)C1. The molecule has 19 heavy (non-hydrogen) atoms. The standard InChI is InChI=1S/C14H16FNO3/c15-12-4-2-1-3-11(12)8-13(17)16-6-5-10(9-16)7-14(18)19/h1-4,10H,5-9H2,(H,18,19). The van der Waals surface area contributed by atoms with Gasteiger partial charge in [-0.1, -0.05) is 18.2 Å². The minimum absolute atomic E-state index is 0.0158. The second-order valence-electron chi connectivity index (χ2n) is 4.86. The van der Waals surface area contributed by atoms with Gasteiger partial charge < -0.3 is 10.0 Å². The molecule has 1 unspecified atom stereocenters. The van der Waals surface area contributed by atoms with Crippen LogP contribution in [0, 0.1) is 11.7 Å². The summed E-state index contributed by atoms with van der Waals surface area (Å²) in [5, 5.41) is 8.72. The molecule has 1 saturated heterocycles. The highest BCUT2D eigenvalue weighted by molar-refractivity contribution is 5.79. The average molecular weight is 265 g/mol. The molecule has 0 saturated carbocycles. The number of rotatable bonds is 4. The Labute approximate surface area is 110 Å². The lowest BCUT2D eigenvalue weighted by atomic mass is 10.1. The Kier molecular flexibility index (Phi) is 4.14. The van der Waals surface area contributed by atoms with Gasteiger partial charge in [0, 0.05) is 19.5 Å². The van der Waals surface area contributed by atoms with Crippen LogP contribution in [0.5, 0.6) is 0 Å². The third kappa shape index (κ3) is 3.53. The van der Waals surface area contributed by atoms with E-state index < -0.39 is 5.97 Å². The molecule has 5 heteroatoms. The maximum absolute atomic E-state index is 13.4. The fraction of sp³-hybridized carbons (Fsp3) is 0.429. The van der Waals surface area contributed by atoms with Crippen LogP contribution in [0.2, 0.25) is 0 Å². The number of carbonyl (C=O) groups excluding carboxylic acids is 1. The first kappa shape index (κ1) is 13.5. The van der Waals surface area contributed by atoms with Crippen molar-refractivity contribution in [1.29, 1.82) is 0 Å². The molecular weight excluding hydrogens is 249 g/mol. The van der Waals surface area contributed by atoms with Crippen LogP contribution in [0.25, 0.3) is 0 Å². The molecule has 1 amide bonds. The number of carboxylic acids is 1. The van der Waals surface area contributed by atoms with Crippen molar-refractivity contribution in [3.63, 3.8) is 0 Å². The quantitative estimate of drug-likeness (QED) is 0.901. The van der Waals surface area contributed by atoms with E-state index in [1.54, 1.807) is 23.1 Å². The number of hydrogen-bond acceptors (Lipinski definition) is 2. The maximum atomic E-state index is 13.4. The lowest BCUT2D eigenvalue weighted by Crippen LogP contribution is -2.30. The highest BCUT2D eigenvalue weighted by Crippen LogP contribution is 2.20. The first-order valence-corrected chi connectivity index (χ1v) is 6.29. The van der Waals surface area contributed by atoms with Gasteiger partial charge in [-0.25, -0.2) is 4.39 Å². The minimum Gasteiger partial charge on any atom is -0.481 e. The highest BCUT2D eigenvalue weighted by atomic mass is 19.1. The fourth-order valence-electron chi connectivity index (χ4n) is 2.39. The zero-order valence-corrected chi connectivity index (χ0v) is 10.5. The van der Waals surface area contributed by atoms with E-state index in [1.807, 2.05) is 0 Å². The number of carbonyl (C=O) groups is 2. The van der Waals surface area contributed by atoms with Gasteiger partial charge in [-0.3, -0.25) is 9.59 Å². The fourth-order valence-corrected chi connectivity index (χ4v) is 2.39. The molecule has 0 radical (unpaired) electrons. The van der Waals surface area contributed by atoms with E-state index in [9.17, 15) is 14.0 Å². The van der Waals surface area contributed by atoms with Crippen LogP contribution in [0.4, 0.5) is 4.39 Å². The Morgan fingerprint density at radius 1 is 1.37 bits per heavy atom. The van der Waals surface area contributed by atoms with Gasteiger partial charge in [0.2, 0.25) is 5.91 Å². The van der Waals surface area contributed by atoms with Gasteiger partial charge in [-0.15, -0.1) is 0 Å². The Balaban J connectivity index is 1.91. The van der Waals surface area contributed by atoms with Crippen LogP contribution in [0.3, 0.4) is 0 Å². The predicted molar refractivity (Wildman–Crippen MR) is 67.0 cm³/mol. The van der Waals surface area contributed by atoms with Crippen LogP contribution in [0.15, 0.2) is 24.3 Å². The molecule has 1 N–H and O–H groups in total. The van der Waals surface area contributed by atoms with E-state index in [1.165, 1.54) is 6.07 Å². The Hall–Kier alpha value is -1.91. The van der Waals surface area contributed by atoms with E-state index in [0.717, 1.165) is 0 Å². The van der Waals surface area contributed by atoms with E-state index in [0.29, 0.717) is 25.1 Å². The molecule has 4 nitrogen and oxygen atoms in total. The molecule has 1 aliphatic rings. The Morgan fingerprint density at radius 2 is 2.11 bits per heavy atom. The monoisotopic (exact) mass is 265 g/mol. The molecule has 0 spiro atoms. The number of aliphatic carboxylic acids is 1. The van der Waals surface area contributed by atoms with Crippen LogP contribution in [0.1, 0.15) is 18.4 Å². The third-order valence-electron chi connectivity index (χ3n) is 3.40. The van der Waals surface area contributed by atoms with Crippen molar-refractivity contribution in [2.75, 3.05) is 13.1 Å². The summed E-state index contributed by atoms with van der Waals surface area (Å²) in [5.41, 5.74) is 0.384. The van der Waals surface area contributed by atoms with Gasteiger partial charge in [-0.05, 0) is 24.0 Å². The highest BCUT2D eigenvalue weighted by Gasteiger charge is 2.27. The van der Waals surface area contributed by atoms with Crippen LogP contribution in [-0.2, 0) is 16.0 Å². The molecule has 1 aromatic carbocycles. The summed E-state index contributed by atoms with van der Waals surface area (Å²) in [7, 11) is 0. The van der Waals surface area contributed by atoms with Crippen molar-refractivity contribution in [2.24, 2.45) is 5.92 Å². The normalized spacial score (nSPS) is 18.6. The molecule has 0 aromatic heterocycles. The molecule has 1 aliphatic heterocycles. The van der Waals surface area contributed by atoms with E-state index >= 15 is 0 Å². The topological polar surface area (TPSA) is 57.6 Å². The lowest BCUT2D eigenvalue weighted by molar-refractivity contribution is -0.138. The molecule has 1 aromatic rings. The summed E-state index contributed by atoms with van der Waals surface area (Å²) in [6.07, 6.45) is 0.825. The first-order valence-electron chi connectivity index (χ1n) is 6.29. The summed E-state index contributed by atoms with van der Waals surface area (Å²) in [4.78, 5) is 24.2. The molecule has 0 aliphatic carbocycles. The van der Waals surface area contributed by atoms with Gasteiger partial charge in [0.15, 0.2) is 0 Å². The van der Waals surface area contributed by atoms with Gasteiger partial charge >= 0.3 is 5.97 Å². The predicted octanol–water partition coefficient (Wildman–Crippen LogP) is 1.69. The van der Waals surface area contributed by atoms with Gasteiger partial charge in [0.25, 0.3) is 0 Å². The summed E-state index contributed by atoms with van der Waals surface area (Å²) in [6.45, 7) is 1.02. The minimum atomic E-state index is -0.839. The number of nitrogens with zero attached hydrogens (tertiary/aromatic N) is 1. The van der Waals surface area contributed by atoms with Crippen molar-refractivity contribution >= 4 is 11.9 Å². The number of halogens is 1. The van der Waals surface area contributed by atoms with Gasteiger partial charge in [0.1, 0.15) is 5.82 Å². The molecule has 102 valence electrons. The third-order valence-corrected chi connectivity index (χ3v) is 3.40. The number of hydrogen-bond donors (Lipinski definition) is 1. The molecule has 1 fully saturated rings. The number of amides is 1. The van der Waals surface area contributed by atoms with E-state index in [2.05, 4.69) is 0 Å². The summed E-state index contributed by atoms with van der Waals surface area (Å²) >= 11 is 0. The largest absolute Gasteiger partial charge is 0.481 e. The van der Waals surface area contributed by atoms with Crippen molar-refractivity contribution < 1.29 is 19.1 Å². The zero-order valence-electron chi connectivity index (χ0n) is 10.5. The molecular formula is C14H16FNO3. The van der Waals surface area contributed by atoms with Crippen molar-refractivity contribution in [3.05, 3.63) is 35.6 Å². The van der Waals surface area contributed by atoms with Crippen LogP contribution < -0.4 is 0 Å². The first-order chi connectivity index (χ1) is 9.06. The smallest absolute Gasteiger partial charge is 0.303 e. The van der Waals surface area contributed by atoms with Crippen molar-refractivity contribution in [2.45, 2.75) is 19.3 Å². The van der Waals surface area contributed by atoms with Crippen molar-refractivity contribution in [3.8, 4) is 0 Å². The number of benzene rings is 1. The maximum Gasteiger partial charge on any atom is 0.303 e. The molecule has 2 rings (SSSR count). The van der Waals surface area contributed by atoms with Crippen LogP contribution in [-0.4, -0.2) is 35.0 Å². The summed E-state index contributed by atoms with van der Waals surface area (Å²) < 4.78 is 13.4. The van der Waals surface area contributed by atoms with Crippen LogP contribution >= 0.6 is 0 Å². The van der Waals surface area contributed by atoms with Crippen molar-refractivity contribution in [1.82, 2.24) is 4.90 Å². The zero-order chi connectivity index (χ0) is 13.8. The van der Waals surface area contributed by atoms with E-state index in [-0.39, 0.29) is 30.5 Å². The Bertz CT molecular complexity index is 489. The average Bonchev–Trinajstić information content (AvgIpc) is 2.79. The van der Waals surface area contributed by atoms with Gasteiger partial charge in [-0.2, -0.15) is 0 Å². The molecule has 1 heterocycles. The summed E-state index contributed by atoms with van der Waals surface area (Å²) in [6, 6.07) is 6.21. The lowest BCUT2D eigenvalue weighted by Gasteiger charge is -2.16. The molecule has 1 atom stereocenters. The molecule has 0 bridgehead atoms. The summed E-state index contributed by atoms with van der Waals surface area (Å²) in [5.74, 6) is -1.34. The Morgan fingerprint density at radius 3 is 2.79 bits per heavy atom. The second kappa shape index (κ2) is 5.82.